The largest absolute Gasteiger partial charge is 0.480 e. The first-order valence-corrected chi connectivity index (χ1v) is 6.84. The van der Waals surface area contributed by atoms with Crippen LogP contribution in [-0.2, 0) is 4.79 Å². The molecular weight excluding hydrogens is 228 g/mol. The zero-order chi connectivity index (χ0) is 14.0. The summed E-state index contributed by atoms with van der Waals surface area (Å²) in [6, 6.07) is 0. The summed E-state index contributed by atoms with van der Waals surface area (Å²) < 4.78 is 0. The van der Waals surface area contributed by atoms with E-state index in [9.17, 15) is 9.90 Å². The molecule has 0 saturated carbocycles. The number of hydrogen-bond donors (Lipinski definition) is 2. The van der Waals surface area contributed by atoms with Crippen LogP contribution >= 0.6 is 0 Å². The molecule has 18 heavy (non-hydrogen) atoms. The molecule has 0 radical (unpaired) electrons. The van der Waals surface area contributed by atoms with Gasteiger partial charge in [-0.3, -0.25) is 4.79 Å². The normalized spacial score (nSPS) is 22.7. The Morgan fingerprint density at radius 1 is 1.28 bits per heavy atom. The minimum absolute atomic E-state index is 0.366. The number of carboxylic acids is 1. The number of likely N-dealkylation sites (tertiary alicyclic amines) is 1. The summed E-state index contributed by atoms with van der Waals surface area (Å²) >= 11 is 0. The van der Waals surface area contributed by atoms with E-state index in [1.165, 1.54) is 12.8 Å². The second-order valence-electron chi connectivity index (χ2n) is 6.80. The van der Waals surface area contributed by atoms with E-state index in [1.807, 2.05) is 0 Å². The smallest absolute Gasteiger partial charge is 0.324 e. The molecule has 106 valence electrons. The molecule has 2 N–H and O–H groups in total. The Morgan fingerprint density at radius 2 is 1.78 bits per heavy atom. The van der Waals surface area contributed by atoms with Crippen LogP contribution in [0.5, 0.6) is 0 Å². The fourth-order valence-corrected chi connectivity index (χ4v) is 2.66. The van der Waals surface area contributed by atoms with E-state index < -0.39 is 11.5 Å². The van der Waals surface area contributed by atoms with Gasteiger partial charge in [-0.2, -0.15) is 0 Å². The van der Waals surface area contributed by atoms with Crippen LogP contribution in [0.3, 0.4) is 0 Å². The molecule has 1 unspecified atom stereocenters. The highest BCUT2D eigenvalue weighted by Crippen LogP contribution is 2.34. The maximum atomic E-state index is 11.3. The molecule has 4 heteroatoms. The molecule has 0 aromatic carbocycles. The summed E-state index contributed by atoms with van der Waals surface area (Å²) in [6.45, 7) is 11.2. The average Bonchev–Trinajstić information content (AvgIpc) is 2.28. The molecule has 1 saturated heterocycles. The molecule has 1 rings (SSSR count). The Morgan fingerprint density at radius 3 is 2.11 bits per heavy atom. The highest BCUT2D eigenvalue weighted by Gasteiger charge is 2.36. The van der Waals surface area contributed by atoms with Gasteiger partial charge in [-0.1, -0.05) is 20.8 Å². The number of rotatable bonds is 4. The quantitative estimate of drug-likeness (QED) is 0.805. The van der Waals surface area contributed by atoms with E-state index in [1.54, 1.807) is 14.0 Å². The van der Waals surface area contributed by atoms with Crippen LogP contribution in [0.2, 0.25) is 0 Å². The number of piperidine rings is 1. The Hall–Kier alpha value is -0.610. The first kappa shape index (κ1) is 15.4. The van der Waals surface area contributed by atoms with Crippen molar-refractivity contribution in [3.8, 4) is 0 Å². The molecular formula is C14H28N2O2. The van der Waals surface area contributed by atoms with Gasteiger partial charge < -0.3 is 15.3 Å². The number of nitrogens with zero attached hydrogens (tertiary/aromatic N) is 1. The van der Waals surface area contributed by atoms with Crippen LogP contribution < -0.4 is 5.32 Å². The number of carboxylic acid groups (broad SMARTS) is 1. The van der Waals surface area contributed by atoms with E-state index in [4.69, 9.17) is 0 Å². The van der Waals surface area contributed by atoms with E-state index in [0.717, 1.165) is 19.0 Å². The third kappa shape index (κ3) is 3.69. The lowest BCUT2D eigenvalue weighted by molar-refractivity contribution is -0.145. The monoisotopic (exact) mass is 256 g/mol. The van der Waals surface area contributed by atoms with Gasteiger partial charge in [-0.25, -0.2) is 0 Å². The third-order valence-corrected chi connectivity index (χ3v) is 4.38. The van der Waals surface area contributed by atoms with Gasteiger partial charge in [0.15, 0.2) is 0 Å². The zero-order valence-corrected chi connectivity index (χ0v) is 12.4. The molecule has 0 aromatic rings. The predicted octanol–water partition coefficient (Wildman–Crippen LogP) is 1.81. The predicted molar refractivity (Wildman–Crippen MR) is 73.7 cm³/mol. The molecule has 0 spiro atoms. The average molecular weight is 256 g/mol. The standard InChI is InChI=1S/C14H28N2O2/c1-13(2,3)11-6-8-16(9-7-11)10-14(4,15-5)12(17)18/h11,15H,6-10H2,1-5H3,(H,17,18). The summed E-state index contributed by atoms with van der Waals surface area (Å²) in [6.07, 6.45) is 2.34. The Labute approximate surface area is 111 Å². The van der Waals surface area contributed by atoms with Gasteiger partial charge in [-0.15, -0.1) is 0 Å². The lowest BCUT2D eigenvalue weighted by Gasteiger charge is -2.41. The van der Waals surface area contributed by atoms with Crippen molar-refractivity contribution in [3.05, 3.63) is 0 Å². The van der Waals surface area contributed by atoms with Crippen molar-refractivity contribution in [2.75, 3.05) is 26.7 Å². The second-order valence-corrected chi connectivity index (χ2v) is 6.80. The Bertz CT molecular complexity index is 291. The Balaban J connectivity index is 2.52. The number of carbonyl (C=O) groups is 1. The number of aliphatic carboxylic acids is 1. The second kappa shape index (κ2) is 5.57. The summed E-state index contributed by atoms with van der Waals surface area (Å²) in [5.74, 6) is -0.0256. The van der Waals surface area contributed by atoms with Gasteiger partial charge in [0.1, 0.15) is 5.54 Å². The van der Waals surface area contributed by atoms with Crippen LogP contribution in [0, 0.1) is 11.3 Å². The molecule has 0 amide bonds. The highest BCUT2D eigenvalue weighted by atomic mass is 16.4. The summed E-state index contributed by atoms with van der Waals surface area (Å²) in [4.78, 5) is 13.5. The molecule has 0 aliphatic carbocycles. The maximum absolute atomic E-state index is 11.3. The van der Waals surface area contributed by atoms with Crippen LogP contribution in [0.4, 0.5) is 0 Å². The van der Waals surface area contributed by atoms with Gasteiger partial charge in [0.2, 0.25) is 0 Å². The van der Waals surface area contributed by atoms with Crippen LogP contribution in [0.15, 0.2) is 0 Å². The van der Waals surface area contributed by atoms with E-state index in [-0.39, 0.29) is 0 Å². The lowest BCUT2D eigenvalue weighted by atomic mass is 9.75. The van der Waals surface area contributed by atoms with Gasteiger partial charge >= 0.3 is 5.97 Å². The molecule has 1 atom stereocenters. The number of nitrogens with one attached hydrogen (secondary N) is 1. The first-order valence-electron chi connectivity index (χ1n) is 6.84. The molecule has 1 aliphatic heterocycles. The van der Waals surface area contributed by atoms with Crippen molar-refractivity contribution in [2.45, 2.75) is 46.1 Å². The lowest BCUT2D eigenvalue weighted by Crippen LogP contribution is -2.56. The zero-order valence-electron chi connectivity index (χ0n) is 12.4. The molecule has 1 fully saturated rings. The fraction of sp³-hybridized carbons (Fsp3) is 0.929. The molecule has 1 aliphatic rings. The van der Waals surface area contributed by atoms with Gasteiger partial charge in [0.05, 0.1) is 0 Å². The van der Waals surface area contributed by atoms with Crippen molar-refractivity contribution in [1.29, 1.82) is 0 Å². The van der Waals surface area contributed by atoms with Crippen LogP contribution in [0.1, 0.15) is 40.5 Å². The SMILES string of the molecule is CNC(C)(CN1CCC(C(C)(C)C)CC1)C(=O)O. The molecule has 0 aromatic heterocycles. The minimum atomic E-state index is -0.839. The van der Waals surface area contributed by atoms with E-state index in [2.05, 4.69) is 31.0 Å². The van der Waals surface area contributed by atoms with Gasteiger partial charge in [0, 0.05) is 6.54 Å². The first-order chi connectivity index (χ1) is 8.19. The number of hydrogen-bond acceptors (Lipinski definition) is 3. The summed E-state index contributed by atoms with van der Waals surface area (Å²) in [5.41, 5.74) is -0.472. The number of likely N-dealkylation sites (N-methyl/N-ethyl adjacent to an activating group) is 1. The maximum Gasteiger partial charge on any atom is 0.324 e. The highest BCUT2D eigenvalue weighted by molar-refractivity contribution is 5.78. The van der Waals surface area contributed by atoms with Crippen LogP contribution in [-0.4, -0.2) is 48.2 Å². The van der Waals surface area contributed by atoms with Crippen molar-refractivity contribution in [3.63, 3.8) is 0 Å². The Kier molecular flexibility index (Phi) is 4.78. The van der Waals surface area contributed by atoms with Crippen molar-refractivity contribution in [2.24, 2.45) is 11.3 Å². The van der Waals surface area contributed by atoms with E-state index in [0.29, 0.717) is 12.0 Å². The third-order valence-electron chi connectivity index (χ3n) is 4.38. The van der Waals surface area contributed by atoms with Gasteiger partial charge in [-0.05, 0) is 51.2 Å². The molecule has 1 heterocycles. The molecule has 4 nitrogen and oxygen atoms in total. The van der Waals surface area contributed by atoms with Crippen molar-refractivity contribution >= 4 is 5.97 Å². The van der Waals surface area contributed by atoms with Crippen molar-refractivity contribution in [1.82, 2.24) is 10.2 Å². The fourth-order valence-electron chi connectivity index (χ4n) is 2.66. The van der Waals surface area contributed by atoms with Crippen molar-refractivity contribution < 1.29 is 9.90 Å². The minimum Gasteiger partial charge on any atom is -0.480 e. The molecule has 0 bridgehead atoms. The van der Waals surface area contributed by atoms with Crippen LogP contribution in [0.25, 0.3) is 0 Å². The van der Waals surface area contributed by atoms with Gasteiger partial charge in [0.25, 0.3) is 0 Å². The topological polar surface area (TPSA) is 52.6 Å². The summed E-state index contributed by atoms with van der Waals surface area (Å²) in [5, 5.41) is 12.2. The summed E-state index contributed by atoms with van der Waals surface area (Å²) in [7, 11) is 1.72. The van der Waals surface area contributed by atoms with E-state index >= 15 is 0 Å².